The number of rotatable bonds is 5. The fourth-order valence-electron chi connectivity index (χ4n) is 2.99. The lowest BCUT2D eigenvalue weighted by Gasteiger charge is -2.09. The zero-order valence-corrected chi connectivity index (χ0v) is 14.9. The highest BCUT2D eigenvalue weighted by molar-refractivity contribution is 5.85. The van der Waals surface area contributed by atoms with Crippen LogP contribution in [0.15, 0.2) is 59.4 Å². The number of anilines is 1. The van der Waals surface area contributed by atoms with Crippen molar-refractivity contribution in [1.82, 2.24) is 9.13 Å². The monoisotopic (exact) mass is 381 g/mol. The smallest absolute Gasteiger partial charge is 0.411 e. The van der Waals surface area contributed by atoms with E-state index in [1.54, 1.807) is 18.2 Å². The molecule has 3 N–H and O–H groups in total. The topological polar surface area (TPSA) is 106 Å². The molecule has 1 aliphatic rings. The molecular weight excluding hydrogens is 362 g/mol. The van der Waals surface area contributed by atoms with Crippen molar-refractivity contribution in [1.29, 1.82) is 0 Å². The molecule has 144 valence electrons. The number of imidazole rings is 1. The second-order valence-corrected chi connectivity index (χ2v) is 6.60. The minimum Gasteiger partial charge on any atom is -0.491 e. The predicted octanol–water partition coefficient (Wildman–Crippen LogP) is 3.13. The predicted molar refractivity (Wildman–Crippen MR) is 102 cm³/mol. The summed E-state index contributed by atoms with van der Waals surface area (Å²) in [5, 5.41) is 22.8. The first kappa shape index (κ1) is 17.7. The number of nitrogens with one attached hydrogen (secondary N) is 1. The van der Waals surface area contributed by atoms with Crippen LogP contribution in [0.3, 0.4) is 0 Å². The lowest BCUT2D eigenvalue weighted by atomic mass is 10.2. The van der Waals surface area contributed by atoms with Crippen LogP contribution in [-0.2, 0) is 11.3 Å². The van der Waals surface area contributed by atoms with Gasteiger partial charge in [-0.1, -0.05) is 36.4 Å². The van der Waals surface area contributed by atoms with Crippen LogP contribution < -0.4 is 11.0 Å². The van der Waals surface area contributed by atoms with E-state index in [9.17, 15) is 19.8 Å². The average molecular weight is 381 g/mol. The van der Waals surface area contributed by atoms with Crippen molar-refractivity contribution in [2.45, 2.75) is 25.5 Å². The molecule has 1 aliphatic carbocycles. The van der Waals surface area contributed by atoms with Crippen molar-refractivity contribution in [3.05, 3.63) is 70.6 Å². The molecular formula is C20H19N3O5. The number of aromatic hydroxyl groups is 2. The number of hydrogen-bond donors (Lipinski definition) is 3. The number of ether oxygens (including phenoxy) is 1. The van der Waals surface area contributed by atoms with Gasteiger partial charge in [0.05, 0.1) is 5.69 Å². The van der Waals surface area contributed by atoms with Crippen molar-refractivity contribution in [3.63, 3.8) is 0 Å². The van der Waals surface area contributed by atoms with Gasteiger partial charge < -0.3 is 14.9 Å². The van der Waals surface area contributed by atoms with Gasteiger partial charge in [-0.25, -0.2) is 14.2 Å². The van der Waals surface area contributed by atoms with E-state index in [0.29, 0.717) is 11.4 Å². The first-order valence-electron chi connectivity index (χ1n) is 8.88. The molecule has 0 saturated heterocycles. The average Bonchev–Trinajstić information content (AvgIpc) is 3.49. The van der Waals surface area contributed by atoms with E-state index in [2.05, 4.69) is 5.32 Å². The summed E-state index contributed by atoms with van der Waals surface area (Å²) in [5.74, 6) is -0.978. The zero-order chi connectivity index (χ0) is 19.7. The third kappa shape index (κ3) is 3.44. The first-order valence-corrected chi connectivity index (χ1v) is 8.88. The summed E-state index contributed by atoms with van der Waals surface area (Å²) in [6.07, 6.45) is 0.924. The van der Waals surface area contributed by atoms with Crippen LogP contribution in [0.25, 0.3) is 5.69 Å². The molecule has 28 heavy (non-hydrogen) atoms. The quantitative estimate of drug-likeness (QED) is 0.630. The lowest BCUT2D eigenvalue weighted by molar-refractivity contribution is 0.155. The molecule has 0 radical (unpaired) electrons. The number of carbonyl (C=O) groups is 1. The molecule has 3 aromatic rings. The van der Waals surface area contributed by atoms with Crippen molar-refractivity contribution in [3.8, 4) is 17.4 Å². The van der Waals surface area contributed by atoms with Gasteiger partial charge in [0.2, 0.25) is 0 Å². The van der Waals surface area contributed by atoms with Gasteiger partial charge in [-0.05, 0) is 36.6 Å². The number of nitrogens with zero attached hydrogens (tertiary/aromatic N) is 2. The molecule has 1 fully saturated rings. The lowest BCUT2D eigenvalue weighted by Crippen LogP contribution is -2.22. The summed E-state index contributed by atoms with van der Waals surface area (Å²) in [6.45, 7) is 0.130. The zero-order valence-electron chi connectivity index (χ0n) is 14.9. The van der Waals surface area contributed by atoms with E-state index >= 15 is 0 Å². The van der Waals surface area contributed by atoms with Crippen LogP contribution in [0.4, 0.5) is 10.5 Å². The van der Waals surface area contributed by atoms with Gasteiger partial charge in [0.15, 0.2) is 0 Å². The van der Waals surface area contributed by atoms with Crippen LogP contribution in [0, 0.1) is 0 Å². The van der Waals surface area contributed by atoms with Gasteiger partial charge in [-0.15, -0.1) is 0 Å². The largest absolute Gasteiger partial charge is 0.491 e. The summed E-state index contributed by atoms with van der Waals surface area (Å²) in [4.78, 5) is 24.6. The van der Waals surface area contributed by atoms with Crippen molar-refractivity contribution in [2.75, 3.05) is 5.32 Å². The molecule has 4 rings (SSSR count). The summed E-state index contributed by atoms with van der Waals surface area (Å²) < 4.78 is 7.37. The van der Waals surface area contributed by atoms with Crippen molar-refractivity contribution in [2.24, 2.45) is 0 Å². The second-order valence-electron chi connectivity index (χ2n) is 6.60. The van der Waals surface area contributed by atoms with Crippen LogP contribution in [-0.4, -0.2) is 25.4 Å². The highest BCUT2D eigenvalue weighted by Gasteiger charge is 2.32. The Hall–Kier alpha value is -3.68. The van der Waals surface area contributed by atoms with Crippen molar-refractivity contribution < 1.29 is 19.7 Å². The van der Waals surface area contributed by atoms with Crippen LogP contribution >= 0.6 is 0 Å². The third-order valence-corrected chi connectivity index (χ3v) is 4.51. The molecule has 8 nitrogen and oxygen atoms in total. The maximum atomic E-state index is 12.6. The molecule has 1 amide bonds. The van der Waals surface area contributed by atoms with Gasteiger partial charge in [-0.2, -0.15) is 0 Å². The van der Waals surface area contributed by atoms with E-state index in [4.69, 9.17) is 4.74 Å². The van der Waals surface area contributed by atoms with Crippen LogP contribution in [0.5, 0.6) is 11.8 Å². The maximum absolute atomic E-state index is 12.6. The minimum atomic E-state index is -0.643. The standard InChI is InChI=1S/C20H19N3O5/c24-17-18(25)23(20(27)22(17)15-9-10-15)16-8-4-7-14(11-16)21-19(26)28-12-13-5-2-1-3-6-13/h1-8,11,15,24-25H,9-10,12H2,(H,21,26). The highest BCUT2D eigenvalue weighted by Crippen LogP contribution is 2.40. The van der Waals surface area contributed by atoms with E-state index in [0.717, 1.165) is 23.0 Å². The molecule has 0 atom stereocenters. The SMILES string of the molecule is O=C(Nc1cccc(-n2c(O)c(O)n(C3CC3)c2=O)c1)OCc1ccccc1. The Bertz CT molecular complexity index is 1070. The summed E-state index contributed by atoms with van der Waals surface area (Å²) in [7, 11) is 0. The first-order chi connectivity index (χ1) is 13.5. The Balaban J connectivity index is 1.52. The number of carbonyl (C=O) groups excluding carboxylic acids is 1. The van der Waals surface area contributed by atoms with Crippen LogP contribution in [0.1, 0.15) is 24.4 Å². The normalized spacial score (nSPS) is 13.3. The molecule has 0 aliphatic heterocycles. The van der Waals surface area contributed by atoms with E-state index in [1.807, 2.05) is 30.3 Å². The minimum absolute atomic E-state index is 0.0890. The van der Waals surface area contributed by atoms with E-state index in [-0.39, 0.29) is 12.6 Å². The number of hydrogen-bond acceptors (Lipinski definition) is 5. The van der Waals surface area contributed by atoms with Crippen LogP contribution in [0.2, 0.25) is 0 Å². The third-order valence-electron chi connectivity index (χ3n) is 4.51. The summed E-state index contributed by atoms with van der Waals surface area (Å²) in [6, 6.07) is 15.6. The molecule has 2 aromatic carbocycles. The van der Waals surface area contributed by atoms with Gasteiger partial charge in [0, 0.05) is 11.7 Å². The Morgan fingerprint density at radius 2 is 1.82 bits per heavy atom. The molecule has 1 aromatic heterocycles. The van der Waals surface area contributed by atoms with Gasteiger partial charge in [0.1, 0.15) is 6.61 Å². The van der Waals surface area contributed by atoms with Gasteiger partial charge >= 0.3 is 11.8 Å². The Morgan fingerprint density at radius 1 is 1.07 bits per heavy atom. The van der Waals surface area contributed by atoms with Gasteiger partial charge in [-0.3, -0.25) is 9.88 Å². The molecule has 1 heterocycles. The molecule has 0 spiro atoms. The Morgan fingerprint density at radius 3 is 2.54 bits per heavy atom. The highest BCUT2D eigenvalue weighted by atomic mass is 16.5. The summed E-state index contributed by atoms with van der Waals surface area (Å²) >= 11 is 0. The fourth-order valence-corrected chi connectivity index (χ4v) is 2.99. The summed E-state index contributed by atoms with van der Waals surface area (Å²) in [5.41, 5.74) is 1.04. The molecule has 1 saturated carbocycles. The molecule has 0 bridgehead atoms. The van der Waals surface area contributed by atoms with Crippen molar-refractivity contribution >= 4 is 11.8 Å². The second kappa shape index (κ2) is 7.15. The van der Waals surface area contributed by atoms with E-state index in [1.165, 1.54) is 10.6 Å². The number of aromatic nitrogens is 2. The van der Waals surface area contributed by atoms with E-state index < -0.39 is 23.5 Å². The fraction of sp³-hybridized carbons (Fsp3) is 0.200. The Labute approximate surface area is 160 Å². The number of amides is 1. The Kier molecular flexibility index (Phi) is 4.52. The maximum Gasteiger partial charge on any atom is 0.411 e. The van der Waals surface area contributed by atoms with Gasteiger partial charge in [0.25, 0.3) is 11.8 Å². The molecule has 8 heteroatoms. The number of benzene rings is 2. The molecule has 0 unspecified atom stereocenters.